The molecular formula is C15H20BrN. The molecule has 0 aromatic heterocycles. The first kappa shape index (κ1) is 11.7. The van der Waals surface area contributed by atoms with Crippen molar-refractivity contribution in [1.82, 2.24) is 5.32 Å². The Kier molecular flexibility index (Phi) is 3.53. The molecule has 1 aliphatic carbocycles. The highest BCUT2D eigenvalue weighted by molar-refractivity contribution is 9.10. The Morgan fingerprint density at radius 3 is 3.00 bits per heavy atom. The van der Waals surface area contributed by atoms with E-state index in [1.807, 2.05) is 0 Å². The second kappa shape index (κ2) is 5.11. The Hall–Kier alpha value is -0.340. The molecule has 0 radical (unpaired) electrons. The van der Waals surface area contributed by atoms with Gasteiger partial charge in [-0.15, -0.1) is 0 Å². The maximum absolute atomic E-state index is 3.71. The average molecular weight is 294 g/mol. The van der Waals surface area contributed by atoms with E-state index in [9.17, 15) is 0 Å². The summed E-state index contributed by atoms with van der Waals surface area (Å²) in [5.74, 6) is 0.784. The van der Waals surface area contributed by atoms with Gasteiger partial charge >= 0.3 is 0 Å². The second-order valence-electron chi connectivity index (χ2n) is 5.43. The van der Waals surface area contributed by atoms with Crippen molar-refractivity contribution in [2.75, 3.05) is 6.54 Å². The van der Waals surface area contributed by atoms with Gasteiger partial charge in [0.05, 0.1) is 0 Å². The quantitative estimate of drug-likeness (QED) is 0.869. The van der Waals surface area contributed by atoms with Crippen LogP contribution in [-0.4, -0.2) is 12.6 Å². The minimum atomic E-state index is 0.768. The van der Waals surface area contributed by atoms with Crippen molar-refractivity contribution in [3.63, 3.8) is 0 Å². The highest BCUT2D eigenvalue weighted by Gasteiger charge is 2.25. The monoisotopic (exact) mass is 293 g/mol. The first-order chi connectivity index (χ1) is 8.34. The second-order valence-corrected chi connectivity index (χ2v) is 6.28. The van der Waals surface area contributed by atoms with E-state index >= 15 is 0 Å². The van der Waals surface area contributed by atoms with Crippen LogP contribution >= 0.6 is 15.9 Å². The van der Waals surface area contributed by atoms with Crippen molar-refractivity contribution in [2.24, 2.45) is 0 Å². The Morgan fingerprint density at radius 1 is 1.24 bits per heavy atom. The van der Waals surface area contributed by atoms with Crippen LogP contribution in [0.2, 0.25) is 0 Å². The lowest BCUT2D eigenvalue weighted by Gasteiger charge is -2.28. The lowest BCUT2D eigenvalue weighted by molar-refractivity contribution is 0.445. The van der Waals surface area contributed by atoms with Crippen LogP contribution in [0.1, 0.15) is 49.1 Å². The van der Waals surface area contributed by atoms with Crippen molar-refractivity contribution in [1.29, 1.82) is 0 Å². The van der Waals surface area contributed by atoms with Gasteiger partial charge in [-0.05, 0) is 68.2 Å². The smallest absolute Gasteiger partial charge is 0.0210 e. The zero-order chi connectivity index (χ0) is 11.7. The van der Waals surface area contributed by atoms with E-state index < -0.39 is 0 Å². The van der Waals surface area contributed by atoms with E-state index in [0.717, 1.165) is 12.0 Å². The normalized spacial score (nSPS) is 28.1. The van der Waals surface area contributed by atoms with Crippen LogP contribution in [0.4, 0.5) is 0 Å². The largest absolute Gasteiger partial charge is 0.314 e. The van der Waals surface area contributed by atoms with Crippen LogP contribution in [0.5, 0.6) is 0 Å². The van der Waals surface area contributed by atoms with Crippen molar-refractivity contribution < 1.29 is 0 Å². The molecule has 2 atom stereocenters. The van der Waals surface area contributed by atoms with Gasteiger partial charge in [-0.25, -0.2) is 0 Å². The molecule has 3 rings (SSSR count). The van der Waals surface area contributed by atoms with Crippen molar-refractivity contribution in [3.8, 4) is 0 Å². The van der Waals surface area contributed by atoms with Crippen LogP contribution in [0.3, 0.4) is 0 Å². The number of fused-ring (bicyclic) bond motifs is 1. The van der Waals surface area contributed by atoms with E-state index in [2.05, 4.69) is 39.4 Å². The van der Waals surface area contributed by atoms with Gasteiger partial charge in [0.25, 0.3) is 0 Å². The number of hydrogen-bond donors (Lipinski definition) is 1. The SMILES string of the molecule is Brc1cccc2c1CCCC2CC1CCCN1. The molecular weight excluding hydrogens is 274 g/mol. The van der Waals surface area contributed by atoms with Crippen molar-refractivity contribution >= 4 is 15.9 Å². The first-order valence-electron chi connectivity index (χ1n) is 6.85. The number of benzene rings is 1. The first-order valence-corrected chi connectivity index (χ1v) is 7.64. The molecule has 0 bridgehead atoms. The molecule has 1 aromatic rings. The third kappa shape index (κ3) is 2.43. The maximum Gasteiger partial charge on any atom is 0.0210 e. The van der Waals surface area contributed by atoms with E-state index in [1.54, 1.807) is 11.1 Å². The standard InChI is InChI=1S/C15H20BrN/c16-15-8-2-6-13-11(4-1-7-14(13)15)10-12-5-3-9-17-12/h2,6,8,11-12,17H,1,3-5,7,9-10H2. The van der Waals surface area contributed by atoms with Gasteiger partial charge in [0.2, 0.25) is 0 Å². The number of halogens is 1. The summed E-state index contributed by atoms with van der Waals surface area (Å²) >= 11 is 3.71. The molecule has 2 heteroatoms. The van der Waals surface area contributed by atoms with Crippen LogP contribution < -0.4 is 5.32 Å². The number of rotatable bonds is 2. The summed E-state index contributed by atoms with van der Waals surface area (Å²) in [5.41, 5.74) is 3.18. The fourth-order valence-electron chi connectivity index (χ4n) is 3.45. The molecule has 1 fully saturated rings. The summed E-state index contributed by atoms with van der Waals surface area (Å²) < 4.78 is 1.32. The van der Waals surface area contributed by atoms with Gasteiger partial charge in [0.1, 0.15) is 0 Å². The van der Waals surface area contributed by atoms with Gasteiger partial charge in [-0.1, -0.05) is 28.1 Å². The van der Waals surface area contributed by atoms with Gasteiger partial charge in [-0.3, -0.25) is 0 Å². The Labute approximate surface area is 112 Å². The molecule has 17 heavy (non-hydrogen) atoms. The number of nitrogens with one attached hydrogen (secondary N) is 1. The molecule has 1 nitrogen and oxygen atoms in total. The molecule has 1 N–H and O–H groups in total. The van der Waals surface area contributed by atoms with E-state index in [0.29, 0.717) is 0 Å². The molecule has 0 saturated carbocycles. The van der Waals surface area contributed by atoms with Crippen LogP contribution in [0.15, 0.2) is 22.7 Å². The van der Waals surface area contributed by atoms with Crippen LogP contribution in [0, 0.1) is 0 Å². The molecule has 2 aliphatic rings. The third-order valence-corrected chi connectivity index (χ3v) is 5.05. The summed E-state index contributed by atoms with van der Waals surface area (Å²) in [5, 5.41) is 3.64. The van der Waals surface area contributed by atoms with E-state index in [1.165, 1.54) is 49.5 Å². The maximum atomic E-state index is 3.71. The fraction of sp³-hybridized carbons (Fsp3) is 0.600. The van der Waals surface area contributed by atoms with Crippen LogP contribution in [0.25, 0.3) is 0 Å². The predicted molar refractivity (Wildman–Crippen MR) is 75.5 cm³/mol. The van der Waals surface area contributed by atoms with Gasteiger partial charge < -0.3 is 5.32 Å². The zero-order valence-electron chi connectivity index (χ0n) is 10.2. The van der Waals surface area contributed by atoms with Crippen LogP contribution in [-0.2, 0) is 6.42 Å². The summed E-state index contributed by atoms with van der Waals surface area (Å²) in [7, 11) is 0. The molecule has 92 valence electrons. The molecule has 0 amide bonds. The Morgan fingerprint density at radius 2 is 2.18 bits per heavy atom. The van der Waals surface area contributed by atoms with E-state index in [4.69, 9.17) is 0 Å². The fourth-order valence-corrected chi connectivity index (χ4v) is 4.03. The lowest BCUT2D eigenvalue weighted by atomic mass is 9.79. The zero-order valence-corrected chi connectivity index (χ0v) is 11.8. The summed E-state index contributed by atoms with van der Waals surface area (Å²) in [4.78, 5) is 0. The Bertz CT molecular complexity index is 396. The summed E-state index contributed by atoms with van der Waals surface area (Å²) in [6.45, 7) is 1.22. The highest BCUT2D eigenvalue weighted by atomic mass is 79.9. The molecule has 1 heterocycles. The topological polar surface area (TPSA) is 12.0 Å². The van der Waals surface area contributed by atoms with Crippen molar-refractivity contribution in [2.45, 2.75) is 50.5 Å². The van der Waals surface area contributed by atoms with Crippen molar-refractivity contribution in [3.05, 3.63) is 33.8 Å². The minimum Gasteiger partial charge on any atom is -0.314 e. The minimum absolute atomic E-state index is 0.768. The average Bonchev–Trinajstić information content (AvgIpc) is 2.83. The molecule has 1 aliphatic heterocycles. The summed E-state index contributed by atoms with van der Waals surface area (Å²) in [6.07, 6.45) is 8.06. The lowest BCUT2D eigenvalue weighted by Crippen LogP contribution is -2.25. The predicted octanol–water partition coefficient (Wildman–Crippen LogP) is 4.01. The van der Waals surface area contributed by atoms with Gasteiger partial charge in [0, 0.05) is 10.5 Å². The summed E-state index contributed by atoms with van der Waals surface area (Å²) in [6, 6.07) is 7.50. The van der Waals surface area contributed by atoms with E-state index in [-0.39, 0.29) is 0 Å². The van der Waals surface area contributed by atoms with Gasteiger partial charge in [-0.2, -0.15) is 0 Å². The molecule has 2 unspecified atom stereocenters. The molecule has 1 aromatic carbocycles. The highest BCUT2D eigenvalue weighted by Crippen LogP contribution is 2.38. The molecule has 1 saturated heterocycles. The number of hydrogen-bond acceptors (Lipinski definition) is 1. The Balaban J connectivity index is 1.81. The van der Waals surface area contributed by atoms with Gasteiger partial charge in [0.15, 0.2) is 0 Å². The molecule has 0 spiro atoms. The third-order valence-electron chi connectivity index (χ3n) is 4.31.